The number of hydrogen-bond acceptors (Lipinski definition) is 5. The Hall–Kier alpha value is -3.33. The first-order chi connectivity index (χ1) is 19.5. The van der Waals surface area contributed by atoms with Gasteiger partial charge in [-0.3, -0.25) is 14.5 Å². The quantitative estimate of drug-likeness (QED) is 0.363. The number of piperidine rings is 1. The number of carbonyl (C=O) groups excluding carboxylic acids is 2. The third kappa shape index (κ3) is 5.61. The first kappa shape index (κ1) is 29.2. The molecule has 2 amide bonds. The Morgan fingerprint density at radius 3 is 2.00 bits per heavy atom. The van der Waals surface area contributed by atoms with Crippen molar-refractivity contribution in [3.8, 4) is 0 Å². The molecule has 2 aliphatic rings. The van der Waals surface area contributed by atoms with E-state index in [1.54, 1.807) is 12.1 Å². The van der Waals surface area contributed by atoms with Gasteiger partial charge >= 0.3 is 0 Å². The fourth-order valence-electron chi connectivity index (χ4n) is 6.24. The van der Waals surface area contributed by atoms with Crippen LogP contribution in [-0.4, -0.2) is 54.6 Å². The largest absolute Gasteiger partial charge is 0.299 e. The van der Waals surface area contributed by atoms with Gasteiger partial charge in [0.25, 0.3) is 5.91 Å². The van der Waals surface area contributed by atoms with Crippen LogP contribution in [-0.2, 0) is 26.2 Å². The second kappa shape index (κ2) is 11.5. The zero-order valence-corrected chi connectivity index (χ0v) is 25.4. The Bertz CT molecular complexity index is 1530. The van der Waals surface area contributed by atoms with E-state index in [1.807, 2.05) is 71.0 Å². The van der Waals surface area contributed by atoms with Crippen LogP contribution in [0.3, 0.4) is 0 Å². The molecule has 3 aromatic rings. The van der Waals surface area contributed by atoms with Crippen LogP contribution in [0.15, 0.2) is 65.6 Å². The lowest BCUT2D eigenvalue weighted by Gasteiger charge is -2.40. The van der Waals surface area contributed by atoms with E-state index in [0.717, 1.165) is 23.2 Å². The molecule has 0 radical (unpaired) electrons. The van der Waals surface area contributed by atoms with E-state index < -0.39 is 28.0 Å². The zero-order chi connectivity index (χ0) is 29.5. The monoisotopic (exact) mass is 573 g/mol. The Morgan fingerprint density at radius 1 is 0.829 bits per heavy atom. The van der Waals surface area contributed by atoms with Crippen molar-refractivity contribution in [2.45, 2.75) is 77.4 Å². The average molecular weight is 574 g/mol. The number of aryl methyl sites for hydroxylation is 3. The Labute approximate surface area is 243 Å². The van der Waals surface area contributed by atoms with Gasteiger partial charge in [-0.15, -0.1) is 0 Å². The minimum absolute atomic E-state index is 0.168. The highest BCUT2D eigenvalue weighted by molar-refractivity contribution is 7.89. The number of amides is 2. The molecule has 0 bridgehead atoms. The van der Waals surface area contributed by atoms with E-state index >= 15 is 0 Å². The zero-order valence-electron chi connectivity index (χ0n) is 24.6. The van der Waals surface area contributed by atoms with E-state index in [4.69, 9.17) is 0 Å². The first-order valence-electron chi connectivity index (χ1n) is 14.3. The fraction of sp³-hybridized carbons (Fsp3) is 0.394. The van der Waals surface area contributed by atoms with Crippen LogP contribution in [0.4, 0.5) is 5.69 Å². The second-order valence-electron chi connectivity index (χ2n) is 11.5. The van der Waals surface area contributed by atoms with Gasteiger partial charge in [0.2, 0.25) is 15.9 Å². The van der Waals surface area contributed by atoms with Crippen LogP contribution >= 0.6 is 0 Å². The maximum atomic E-state index is 14.7. The predicted octanol–water partition coefficient (Wildman–Crippen LogP) is 5.22. The van der Waals surface area contributed by atoms with Crippen molar-refractivity contribution in [1.82, 2.24) is 9.21 Å². The van der Waals surface area contributed by atoms with Crippen molar-refractivity contribution in [3.63, 3.8) is 0 Å². The minimum Gasteiger partial charge on any atom is -0.299 e. The lowest BCUT2D eigenvalue weighted by Crippen LogP contribution is -2.54. The summed E-state index contributed by atoms with van der Waals surface area (Å²) in [6, 6.07) is 17.9. The summed E-state index contributed by atoms with van der Waals surface area (Å²) in [6.07, 6.45) is 0.994. The van der Waals surface area contributed by atoms with Crippen molar-refractivity contribution in [2.75, 3.05) is 18.0 Å². The molecule has 216 valence electrons. The topological polar surface area (TPSA) is 78.0 Å². The first-order valence-corrected chi connectivity index (χ1v) is 15.7. The van der Waals surface area contributed by atoms with Gasteiger partial charge in [0, 0.05) is 25.7 Å². The number of likely N-dealkylation sites (tertiary alicyclic amines) is 1. The van der Waals surface area contributed by atoms with Gasteiger partial charge in [-0.1, -0.05) is 54.1 Å². The Morgan fingerprint density at radius 2 is 1.41 bits per heavy atom. The molecule has 2 saturated heterocycles. The smallest absolute Gasteiger partial charge is 0.252 e. The summed E-state index contributed by atoms with van der Waals surface area (Å²) in [7, 11) is -4.12. The molecule has 41 heavy (non-hydrogen) atoms. The van der Waals surface area contributed by atoms with Crippen molar-refractivity contribution in [3.05, 3.63) is 94.0 Å². The Kier molecular flexibility index (Phi) is 8.19. The molecule has 3 aromatic carbocycles. The van der Waals surface area contributed by atoms with Crippen LogP contribution < -0.4 is 4.90 Å². The number of nitrogens with zero attached hydrogens (tertiary/aromatic N) is 3. The lowest BCUT2D eigenvalue weighted by molar-refractivity contribution is -0.122. The summed E-state index contributed by atoms with van der Waals surface area (Å²) in [6.45, 7) is 11.6. The molecule has 0 aromatic heterocycles. The van der Waals surface area contributed by atoms with E-state index in [9.17, 15) is 18.0 Å². The molecule has 2 heterocycles. The molecule has 7 nitrogen and oxygen atoms in total. The summed E-state index contributed by atoms with van der Waals surface area (Å²) in [5.74, 6) is -0.853. The molecule has 1 atom stereocenters. The van der Waals surface area contributed by atoms with Gasteiger partial charge in [-0.2, -0.15) is 4.31 Å². The number of benzene rings is 3. The van der Waals surface area contributed by atoms with Gasteiger partial charge in [0.1, 0.15) is 6.04 Å². The maximum absolute atomic E-state index is 14.7. The highest BCUT2D eigenvalue weighted by Gasteiger charge is 2.50. The van der Waals surface area contributed by atoms with Gasteiger partial charge < -0.3 is 0 Å². The molecule has 1 unspecified atom stereocenters. The van der Waals surface area contributed by atoms with Gasteiger partial charge in [0.05, 0.1) is 17.0 Å². The second-order valence-corrected chi connectivity index (χ2v) is 13.3. The maximum Gasteiger partial charge on any atom is 0.252 e. The molecule has 0 aliphatic carbocycles. The van der Waals surface area contributed by atoms with Gasteiger partial charge in [-0.05, 0) is 87.4 Å². The summed E-state index contributed by atoms with van der Waals surface area (Å²) < 4.78 is 30.8. The highest BCUT2D eigenvalue weighted by Crippen LogP contribution is 2.37. The van der Waals surface area contributed by atoms with E-state index in [-0.39, 0.29) is 17.2 Å². The molecule has 0 saturated carbocycles. The Balaban J connectivity index is 1.52. The van der Waals surface area contributed by atoms with E-state index in [1.165, 1.54) is 14.8 Å². The number of imide groups is 1. The number of carbonyl (C=O) groups is 2. The van der Waals surface area contributed by atoms with Crippen molar-refractivity contribution in [2.24, 2.45) is 0 Å². The van der Waals surface area contributed by atoms with Crippen molar-refractivity contribution >= 4 is 27.5 Å². The van der Waals surface area contributed by atoms with Crippen LogP contribution in [0.2, 0.25) is 0 Å². The third-order valence-electron chi connectivity index (χ3n) is 8.72. The predicted molar refractivity (Wildman–Crippen MR) is 161 cm³/mol. The third-order valence-corrected chi connectivity index (χ3v) is 11.0. The number of sulfonamides is 1. The van der Waals surface area contributed by atoms with Gasteiger partial charge in [-0.25, -0.2) is 13.3 Å². The fourth-order valence-corrected chi connectivity index (χ4v) is 8.65. The van der Waals surface area contributed by atoms with Crippen LogP contribution in [0.5, 0.6) is 0 Å². The van der Waals surface area contributed by atoms with Crippen LogP contribution in [0, 0.1) is 34.6 Å². The molecule has 8 heteroatoms. The molecule has 2 fully saturated rings. The lowest BCUT2D eigenvalue weighted by atomic mass is 10.0. The molecular formula is C33H39N3O4S. The normalized spacial score (nSPS) is 19.0. The van der Waals surface area contributed by atoms with Crippen LogP contribution in [0.1, 0.15) is 52.6 Å². The van der Waals surface area contributed by atoms with Gasteiger partial charge in [0.15, 0.2) is 0 Å². The average Bonchev–Trinajstić information content (AvgIpc) is 3.22. The summed E-state index contributed by atoms with van der Waals surface area (Å²) in [4.78, 5) is 31.0. The minimum atomic E-state index is -4.12. The van der Waals surface area contributed by atoms with E-state index in [0.29, 0.717) is 42.7 Å². The summed E-state index contributed by atoms with van der Waals surface area (Å²) >= 11 is 0. The highest BCUT2D eigenvalue weighted by atomic mass is 32.2. The molecule has 0 N–H and O–H groups in total. The van der Waals surface area contributed by atoms with Crippen molar-refractivity contribution in [1.29, 1.82) is 0 Å². The van der Waals surface area contributed by atoms with Crippen LogP contribution in [0.25, 0.3) is 0 Å². The van der Waals surface area contributed by atoms with E-state index in [2.05, 4.69) is 17.0 Å². The molecule has 5 rings (SSSR count). The molecule has 0 spiro atoms. The standard InChI is InChI=1S/C33H39N3O4S/c1-22-11-13-28(14-12-22)35-31(37)20-30(33(35)38)36(41(39,40)32-25(4)23(2)19-24(3)26(32)5)29-15-17-34(18-16-29)21-27-9-7-6-8-10-27/h6-14,19,29-30H,15-18,20-21H2,1-5H3. The number of hydrogen-bond donors (Lipinski definition) is 0. The molecular weight excluding hydrogens is 534 g/mol. The summed E-state index contributed by atoms with van der Waals surface area (Å²) in [5, 5.41) is 0. The SMILES string of the molecule is Cc1ccc(N2C(=O)CC(N(C3CCN(Cc4ccccc4)CC3)S(=O)(=O)c3c(C)c(C)cc(C)c3C)C2=O)cc1. The number of rotatable bonds is 7. The summed E-state index contributed by atoms with van der Waals surface area (Å²) in [5.41, 5.74) is 5.85. The number of anilines is 1. The molecule has 2 aliphatic heterocycles. The van der Waals surface area contributed by atoms with Crippen molar-refractivity contribution < 1.29 is 18.0 Å².